The van der Waals surface area contributed by atoms with E-state index in [0.29, 0.717) is 11.3 Å². The van der Waals surface area contributed by atoms with Crippen LogP contribution in [-0.4, -0.2) is 26.3 Å². The fraction of sp³-hybridized carbons (Fsp3) is 0.0714. The summed E-state index contributed by atoms with van der Waals surface area (Å²) in [6.45, 7) is 0. The van der Waals surface area contributed by atoms with Gasteiger partial charge in [-0.05, 0) is 29.8 Å². The Hall–Kier alpha value is -2.89. The molecule has 104 valence electrons. The van der Waals surface area contributed by atoms with Crippen molar-refractivity contribution >= 4 is 11.6 Å². The van der Waals surface area contributed by atoms with Crippen molar-refractivity contribution in [1.29, 1.82) is 0 Å². The molecule has 0 bridgehead atoms. The summed E-state index contributed by atoms with van der Waals surface area (Å²) in [5, 5.41) is 39.5. The molecular formula is C14H13NO5. The summed E-state index contributed by atoms with van der Waals surface area (Å²) in [5.74, 6) is -1.51. The zero-order valence-electron chi connectivity index (χ0n) is 10.4. The number of hydrogen-bond donors (Lipinski definition) is 5. The third-order valence-corrected chi connectivity index (χ3v) is 2.66. The van der Waals surface area contributed by atoms with Crippen molar-refractivity contribution in [2.75, 3.05) is 5.32 Å². The van der Waals surface area contributed by atoms with Crippen LogP contribution in [0.3, 0.4) is 0 Å². The van der Waals surface area contributed by atoms with Crippen LogP contribution in [-0.2, 0) is 11.2 Å². The van der Waals surface area contributed by atoms with Gasteiger partial charge in [-0.15, -0.1) is 0 Å². The standard InChI is InChI=1S/C14H13NO5/c16-10-3-1-8(5-12(10)18)6-14(20)15-9-2-4-11(17)13(19)7-9/h1-5,7,16-19H,6H2,(H,15,20). The highest BCUT2D eigenvalue weighted by atomic mass is 16.3. The van der Waals surface area contributed by atoms with E-state index in [1.54, 1.807) is 0 Å². The third-order valence-electron chi connectivity index (χ3n) is 2.66. The quantitative estimate of drug-likeness (QED) is 0.432. The Balaban J connectivity index is 2.04. The number of phenolic OH excluding ortho intramolecular Hbond substituents is 4. The molecule has 0 aliphatic rings. The first-order chi connectivity index (χ1) is 9.45. The van der Waals surface area contributed by atoms with Crippen molar-refractivity contribution in [3.63, 3.8) is 0 Å². The summed E-state index contributed by atoms with van der Waals surface area (Å²) < 4.78 is 0. The molecule has 0 atom stereocenters. The minimum absolute atomic E-state index is 0.00449. The molecule has 0 aliphatic heterocycles. The summed E-state index contributed by atoms with van der Waals surface area (Å²) in [7, 11) is 0. The van der Waals surface area contributed by atoms with E-state index in [4.69, 9.17) is 10.2 Å². The molecule has 6 heteroatoms. The summed E-state index contributed by atoms with van der Waals surface area (Å²) in [6, 6.07) is 8.04. The Kier molecular flexibility index (Phi) is 3.65. The molecule has 20 heavy (non-hydrogen) atoms. The van der Waals surface area contributed by atoms with E-state index < -0.39 is 0 Å². The SMILES string of the molecule is O=C(Cc1ccc(O)c(O)c1)Nc1ccc(O)c(O)c1. The van der Waals surface area contributed by atoms with Gasteiger partial charge in [-0.25, -0.2) is 0 Å². The van der Waals surface area contributed by atoms with E-state index in [1.807, 2.05) is 0 Å². The van der Waals surface area contributed by atoms with E-state index in [1.165, 1.54) is 36.4 Å². The number of benzene rings is 2. The molecule has 0 radical (unpaired) electrons. The first-order valence-electron chi connectivity index (χ1n) is 5.78. The smallest absolute Gasteiger partial charge is 0.228 e. The number of phenols is 4. The van der Waals surface area contributed by atoms with Gasteiger partial charge >= 0.3 is 0 Å². The predicted octanol–water partition coefficient (Wildman–Crippen LogP) is 1.69. The van der Waals surface area contributed by atoms with Crippen LogP contribution in [0.1, 0.15) is 5.56 Å². The lowest BCUT2D eigenvalue weighted by Crippen LogP contribution is -2.14. The molecule has 5 N–H and O–H groups in total. The van der Waals surface area contributed by atoms with Gasteiger partial charge in [-0.1, -0.05) is 6.07 Å². The van der Waals surface area contributed by atoms with Crippen LogP contribution in [0.2, 0.25) is 0 Å². The lowest BCUT2D eigenvalue weighted by molar-refractivity contribution is -0.115. The first-order valence-corrected chi connectivity index (χ1v) is 5.78. The van der Waals surface area contributed by atoms with Gasteiger partial charge in [0.2, 0.25) is 5.91 Å². The average molecular weight is 275 g/mol. The maximum atomic E-state index is 11.8. The van der Waals surface area contributed by atoms with Gasteiger partial charge in [0, 0.05) is 11.8 Å². The van der Waals surface area contributed by atoms with Crippen LogP contribution in [0.25, 0.3) is 0 Å². The molecule has 0 fully saturated rings. The molecule has 0 aromatic heterocycles. The Labute approximate surface area is 114 Å². The fourth-order valence-electron chi connectivity index (χ4n) is 1.67. The van der Waals surface area contributed by atoms with Gasteiger partial charge in [0.15, 0.2) is 23.0 Å². The van der Waals surface area contributed by atoms with Crippen molar-refractivity contribution in [3.05, 3.63) is 42.0 Å². The molecule has 0 aliphatic carbocycles. The van der Waals surface area contributed by atoms with E-state index >= 15 is 0 Å². The van der Waals surface area contributed by atoms with Crippen LogP contribution in [0.5, 0.6) is 23.0 Å². The summed E-state index contributed by atoms with van der Waals surface area (Å²) >= 11 is 0. The molecule has 0 saturated carbocycles. The molecular weight excluding hydrogens is 262 g/mol. The lowest BCUT2D eigenvalue weighted by atomic mass is 10.1. The zero-order valence-corrected chi connectivity index (χ0v) is 10.4. The van der Waals surface area contributed by atoms with Crippen molar-refractivity contribution in [2.45, 2.75) is 6.42 Å². The second kappa shape index (κ2) is 5.40. The van der Waals surface area contributed by atoms with E-state index in [-0.39, 0.29) is 35.3 Å². The van der Waals surface area contributed by atoms with Gasteiger partial charge < -0.3 is 25.7 Å². The maximum Gasteiger partial charge on any atom is 0.228 e. The number of rotatable bonds is 3. The van der Waals surface area contributed by atoms with Gasteiger partial charge in [0.1, 0.15) is 0 Å². The van der Waals surface area contributed by atoms with Crippen LogP contribution >= 0.6 is 0 Å². The van der Waals surface area contributed by atoms with Crippen molar-refractivity contribution in [1.82, 2.24) is 0 Å². The highest BCUT2D eigenvalue weighted by molar-refractivity contribution is 5.92. The molecule has 0 unspecified atom stereocenters. The third kappa shape index (κ3) is 3.11. The minimum atomic E-state index is -0.361. The first kappa shape index (κ1) is 13.5. The molecule has 2 aromatic rings. The van der Waals surface area contributed by atoms with Crippen LogP contribution in [0.4, 0.5) is 5.69 Å². The molecule has 0 saturated heterocycles. The number of carbonyl (C=O) groups is 1. The number of aromatic hydroxyl groups is 4. The van der Waals surface area contributed by atoms with Crippen molar-refractivity contribution in [2.24, 2.45) is 0 Å². The molecule has 1 amide bonds. The molecule has 0 spiro atoms. The van der Waals surface area contributed by atoms with Crippen LogP contribution < -0.4 is 5.32 Å². The average Bonchev–Trinajstić information content (AvgIpc) is 2.38. The maximum absolute atomic E-state index is 11.8. The normalized spacial score (nSPS) is 10.2. The lowest BCUT2D eigenvalue weighted by Gasteiger charge is -2.07. The van der Waals surface area contributed by atoms with Crippen LogP contribution in [0, 0.1) is 0 Å². The largest absolute Gasteiger partial charge is 0.504 e. The zero-order chi connectivity index (χ0) is 14.7. The van der Waals surface area contributed by atoms with E-state index in [2.05, 4.69) is 5.32 Å². The Morgan fingerprint density at radius 1 is 0.850 bits per heavy atom. The van der Waals surface area contributed by atoms with E-state index in [0.717, 1.165) is 0 Å². The number of hydrogen-bond acceptors (Lipinski definition) is 5. The number of anilines is 1. The van der Waals surface area contributed by atoms with Crippen molar-refractivity contribution in [3.8, 4) is 23.0 Å². The molecule has 0 heterocycles. The highest BCUT2D eigenvalue weighted by Crippen LogP contribution is 2.28. The van der Waals surface area contributed by atoms with Gasteiger partial charge in [-0.3, -0.25) is 4.79 Å². The number of carbonyl (C=O) groups excluding carboxylic acids is 1. The monoisotopic (exact) mass is 275 g/mol. The number of amides is 1. The minimum Gasteiger partial charge on any atom is -0.504 e. The fourth-order valence-corrected chi connectivity index (χ4v) is 1.67. The molecule has 2 aromatic carbocycles. The van der Waals surface area contributed by atoms with Gasteiger partial charge in [0.05, 0.1) is 6.42 Å². The summed E-state index contributed by atoms with van der Waals surface area (Å²) in [6.07, 6.45) is -0.00449. The molecule has 2 rings (SSSR count). The second-order valence-corrected chi connectivity index (χ2v) is 4.25. The van der Waals surface area contributed by atoms with Crippen molar-refractivity contribution < 1.29 is 25.2 Å². The van der Waals surface area contributed by atoms with Gasteiger partial charge in [0.25, 0.3) is 0 Å². The Morgan fingerprint density at radius 2 is 1.45 bits per heavy atom. The Bertz CT molecular complexity index is 599. The van der Waals surface area contributed by atoms with Crippen LogP contribution in [0.15, 0.2) is 36.4 Å². The second-order valence-electron chi connectivity index (χ2n) is 4.25. The summed E-state index contributed by atoms with van der Waals surface area (Å²) in [5.41, 5.74) is 0.870. The topological polar surface area (TPSA) is 110 Å². The molecule has 6 nitrogen and oxygen atoms in total. The van der Waals surface area contributed by atoms with E-state index in [9.17, 15) is 15.0 Å². The Morgan fingerprint density at radius 3 is 2.05 bits per heavy atom. The van der Waals surface area contributed by atoms with Gasteiger partial charge in [-0.2, -0.15) is 0 Å². The highest BCUT2D eigenvalue weighted by Gasteiger charge is 2.08. The summed E-state index contributed by atoms with van der Waals surface area (Å²) in [4.78, 5) is 11.8. The predicted molar refractivity (Wildman–Crippen MR) is 71.9 cm³/mol. The number of nitrogens with one attached hydrogen (secondary N) is 1.